The number of carbonyl (C=O) groups is 2. The van der Waals surface area contributed by atoms with E-state index in [4.69, 9.17) is 0 Å². The summed E-state index contributed by atoms with van der Waals surface area (Å²) in [4.78, 5) is 28.0. The Morgan fingerprint density at radius 1 is 1.14 bits per heavy atom. The zero-order valence-corrected chi connectivity index (χ0v) is 13.0. The van der Waals surface area contributed by atoms with Crippen molar-refractivity contribution in [1.29, 1.82) is 0 Å². The van der Waals surface area contributed by atoms with Gasteiger partial charge in [-0.15, -0.1) is 0 Å². The molecule has 0 saturated carbocycles. The van der Waals surface area contributed by atoms with E-state index in [1.54, 1.807) is 4.90 Å². The molecule has 5 nitrogen and oxygen atoms in total. The highest BCUT2D eigenvalue weighted by Gasteiger charge is 2.21. The predicted molar refractivity (Wildman–Crippen MR) is 83.2 cm³/mol. The molecule has 0 radical (unpaired) electrons. The van der Waals surface area contributed by atoms with E-state index in [1.807, 2.05) is 39.1 Å². The number of piperazine rings is 1. The topological polar surface area (TPSA) is 52.7 Å². The van der Waals surface area contributed by atoms with Crippen molar-refractivity contribution in [1.82, 2.24) is 9.80 Å². The summed E-state index contributed by atoms with van der Waals surface area (Å²) in [6, 6.07) is 5.84. The second-order valence-electron chi connectivity index (χ2n) is 5.73. The number of nitrogens with one attached hydrogen (secondary N) is 1. The van der Waals surface area contributed by atoms with E-state index in [2.05, 4.69) is 10.2 Å². The molecule has 1 heterocycles. The van der Waals surface area contributed by atoms with Crippen molar-refractivity contribution in [3.8, 4) is 0 Å². The fourth-order valence-electron chi connectivity index (χ4n) is 2.45. The van der Waals surface area contributed by atoms with Gasteiger partial charge in [0.05, 0.1) is 0 Å². The summed E-state index contributed by atoms with van der Waals surface area (Å²) in [5, 5.41) is 2.82. The van der Waals surface area contributed by atoms with Crippen molar-refractivity contribution in [2.75, 3.05) is 38.5 Å². The van der Waals surface area contributed by atoms with Gasteiger partial charge in [-0.3, -0.25) is 9.59 Å². The largest absolute Gasteiger partial charge is 0.340 e. The molecule has 2 amide bonds. The number of hydrogen-bond donors (Lipinski definition) is 1. The summed E-state index contributed by atoms with van der Waals surface area (Å²) in [5.41, 5.74) is 2.94. The second kappa shape index (κ2) is 6.72. The molecular weight excluding hydrogens is 266 g/mol. The van der Waals surface area contributed by atoms with Crippen molar-refractivity contribution in [2.24, 2.45) is 0 Å². The third-order valence-electron chi connectivity index (χ3n) is 3.82. The van der Waals surface area contributed by atoms with Gasteiger partial charge < -0.3 is 15.1 Å². The van der Waals surface area contributed by atoms with Crippen molar-refractivity contribution >= 4 is 17.5 Å². The van der Waals surface area contributed by atoms with Gasteiger partial charge in [-0.1, -0.05) is 17.7 Å². The van der Waals surface area contributed by atoms with E-state index in [0.717, 1.165) is 29.9 Å². The quantitative estimate of drug-likeness (QED) is 0.856. The average molecular weight is 289 g/mol. The van der Waals surface area contributed by atoms with Crippen LogP contribution in [-0.2, 0) is 9.59 Å². The Balaban J connectivity index is 1.88. The van der Waals surface area contributed by atoms with E-state index >= 15 is 0 Å². The Hall–Kier alpha value is -1.88. The molecule has 1 aliphatic heterocycles. The van der Waals surface area contributed by atoms with E-state index in [9.17, 15) is 9.59 Å². The number of benzene rings is 1. The average Bonchev–Trinajstić information content (AvgIpc) is 2.42. The number of rotatable bonds is 3. The smallest absolute Gasteiger partial charge is 0.233 e. The van der Waals surface area contributed by atoms with Crippen LogP contribution in [0.3, 0.4) is 0 Å². The van der Waals surface area contributed by atoms with Crippen molar-refractivity contribution in [3.05, 3.63) is 29.3 Å². The van der Waals surface area contributed by atoms with Crippen molar-refractivity contribution in [2.45, 2.75) is 20.3 Å². The van der Waals surface area contributed by atoms with Crippen LogP contribution >= 0.6 is 0 Å². The first kappa shape index (κ1) is 15.5. The van der Waals surface area contributed by atoms with E-state index in [-0.39, 0.29) is 18.2 Å². The van der Waals surface area contributed by atoms with Gasteiger partial charge in [0.25, 0.3) is 0 Å². The first-order valence-electron chi connectivity index (χ1n) is 7.29. The first-order chi connectivity index (χ1) is 9.95. The maximum atomic E-state index is 12.1. The first-order valence-corrected chi connectivity index (χ1v) is 7.29. The SMILES string of the molecule is Cc1ccc(NC(=O)CC(=O)N2CCN(C)CC2)c(C)c1. The molecule has 0 atom stereocenters. The molecule has 1 fully saturated rings. The number of hydrogen-bond acceptors (Lipinski definition) is 3. The van der Waals surface area contributed by atoms with Gasteiger partial charge in [-0.05, 0) is 32.5 Å². The minimum absolute atomic E-state index is 0.0863. The summed E-state index contributed by atoms with van der Waals surface area (Å²) < 4.78 is 0. The lowest BCUT2D eigenvalue weighted by atomic mass is 10.1. The van der Waals surface area contributed by atoms with E-state index in [1.165, 1.54) is 0 Å². The molecule has 114 valence electrons. The lowest BCUT2D eigenvalue weighted by Gasteiger charge is -2.32. The fraction of sp³-hybridized carbons (Fsp3) is 0.500. The Morgan fingerprint density at radius 2 is 1.81 bits per heavy atom. The van der Waals surface area contributed by atoms with E-state index in [0.29, 0.717) is 13.1 Å². The molecule has 0 unspecified atom stereocenters. The minimum atomic E-state index is -0.245. The molecule has 1 N–H and O–H groups in total. The maximum absolute atomic E-state index is 12.1. The van der Waals surface area contributed by atoms with Crippen molar-refractivity contribution < 1.29 is 9.59 Å². The number of carbonyl (C=O) groups excluding carboxylic acids is 2. The predicted octanol–water partition coefficient (Wildman–Crippen LogP) is 1.41. The normalized spacial score (nSPS) is 15.9. The number of aryl methyl sites for hydroxylation is 2. The molecule has 2 rings (SSSR count). The fourth-order valence-corrected chi connectivity index (χ4v) is 2.45. The van der Waals surface area contributed by atoms with Gasteiger partial charge in [-0.25, -0.2) is 0 Å². The molecule has 21 heavy (non-hydrogen) atoms. The Bertz CT molecular complexity index is 534. The van der Waals surface area contributed by atoms with Gasteiger partial charge in [0.1, 0.15) is 6.42 Å². The third kappa shape index (κ3) is 4.29. The standard InChI is InChI=1S/C16H23N3O2/c1-12-4-5-14(13(2)10-12)17-15(20)11-16(21)19-8-6-18(3)7-9-19/h4-5,10H,6-9,11H2,1-3H3,(H,17,20). The molecule has 1 aromatic rings. The van der Waals surface area contributed by atoms with Crippen LogP contribution in [0, 0.1) is 13.8 Å². The molecule has 0 aliphatic carbocycles. The number of anilines is 1. The van der Waals surface area contributed by atoms with Crippen LogP contribution in [0.15, 0.2) is 18.2 Å². The lowest BCUT2D eigenvalue weighted by molar-refractivity contribution is -0.135. The van der Waals surface area contributed by atoms with Gasteiger partial charge in [-0.2, -0.15) is 0 Å². The molecule has 1 aromatic carbocycles. The minimum Gasteiger partial charge on any atom is -0.340 e. The van der Waals surface area contributed by atoms with Gasteiger partial charge in [0.2, 0.25) is 11.8 Å². The van der Waals surface area contributed by atoms with Gasteiger partial charge >= 0.3 is 0 Å². The zero-order chi connectivity index (χ0) is 15.4. The summed E-state index contributed by atoms with van der Waals surface area (Å²) >= 11 is 0. The van der Waals surface area contributed by atoms with Crippen LogP contribution in [-0.4, -0.2) is 54.8 Å². The van der Waals surface area contributed by atoms with Crippen LogP contribution < -0.4 is 5.32 Å². The van der Waals surface area contributed by atoms with Gasteiger partial charge in [0.15, 0.2) is 0 Å². The number of likely N-dealkylation sites (N-methyl/N-ethyl adjacent to an activating group) is 1. The molecule has 1 saturated heterocycles. The molecule has 0 bridgehead atoms. The molecule has 0 aromatic heterocycles. The van der Waals surface area contributed by atoms with Crippen LogP contribution in [0.4, 0.5) is 5.69 Å². The summed E-state index contributed by atoms with van der Waals surface area (Å²) in [6.45, 7) is 7.09. The monoisotopic (exact) mass is 289 g/mol. The van der Waals surface area contributed by atoms with Crippen LogP contribution in [0.2, 0.25) is 0 Å². The lowest BCUT2D eigenvalue weighted by Crippen LogP contribution is -2.47. The highest BCUT2D eigenvalue weighted by atomic mass is 16.2. The maximum Gasteiger partial charge on any atom is 0.233 e. The Morgan fingerprint density at radius 3 is 2.43 bits per heavy atom. The summed E-state index contributed by atoms with van der Waals surface area (Å²) in [7, 11) is 2.04. The summed E-state index contributed by atoms with van der Waals surface area (Å²) in [6.07, 6.45) is -0.0863. The van der Waals surface area contributed by atoms with Crippen molar-refractivity contribution in [3.63, 3.8) is 0 Å². The summed E-state index contributed by atoms with van der Waals surface area (Å²) in [5.74, 6) is -0.337. The van der Waals surface area contributed by atoms with E-state index < -0.39 is 0 Å². The molecule has 0 spiro atoms. The second-order valence-corrected chi connectivity index (χ2v) is 5.73. The number of nitrogens with zero attached hydrogens (tertiary/aromatic N) is 2. The molecule has 1 aliphatic rings. The molecule has 5 heteroatoms. The highest BCUT2D eigenvalue weighted by Crippen LogP contribution is 2.16. The Kier molecular flexibility index (Phi) is 4.96. The number of amides is 2. The highest BCUT2D eigenvalue weighted by molar-refractivity contribution is 6.03. The van der Waals surface area contributed by atoms with Crippen LogP contribution in [0.25, 0.3) is 0 Å². The molecular formula is C16H23N3O2. The zero-order valence-electron chi connectivity index (χ0n) is 13.0. The van der Waals surface area contributed by atoms with Gasteiger partial charge in [0, 0.05) is 31.9 Å². The van der Waals surface area contributed by atoms with Crippen LogP contribution in [0.5, 0.6) is 0 Å². The third-order valence-corrected chi connectivity index (χ3v) is 3.82. The van der Waals surface area contributed by atoms with Crippen LogP contribution in [0.1, 0.15) is 17.5 Å². The Labute approximate surface area is 125 Å².